The first kappa shape index (κ1) is 26.5. The lowest BCUT2D eigenvalue weighted by Crippen LogP contribution is -2.24. The number of unbranched alkanes of at least 4 members (excludes halogenated alkanes) is 1. The molecule has 0 unspecified atom stereocenters. The summed E-state index contributed by atoms with van der Waals surface area (Å²) in [6.07, 6.45) is 0.358. The van der Waals surface area contributed by atoms with Gasteiger partial charge < -0.3 is 4.90 Å². The molecule has 0 fully saturated rings. The Balaban J connectivity index is 1.62. The Morgan fingerprint density at radius 2 is 1.78 bits per heavy atom. The van der Waals surface area contributed by atoms with E-state index in [1.54, 1.807) is 12.1 Å². The molecule has 37 heavy (non-hydrogen) atoms. The summed E-state index contributed by atoms with van der Waals surface area (Å²) in [5.74, 6) is 0. The van der Waals surface area contributed by atoms with E-state index in [9.17, 15) is 13.2 Å². The molecule has 0 spiro atoms. The minimum atomic E-state index is -4.60. The Morgan fingerprint density at radius 1 is 1.05 bits per heavy atom. The maximum atomic E-state index is 14.0. The molecule has 0 N–H and O–H groups in total. The van der Waals surface area contributed by atoms with Gasteiger partial charge in [-0.3, -0.25) is 0 Å². The topological polar surface area (TPSA) is 33.4 Å². The van der Waals surface area contributed by atoms with E-state index in [0.717, 1.165) is 47.4 Å². The number of halogens is 3. The molecule has 0 aliphatic carbocycles. The van der Waals surface area contributed by atoms with Crippen LogP contribution in [-0.2, 0) is 12.6 Å². The molecule has 4 rings (SSSR count). The van der Waals surface area contributed by atoms with Gasteiger partial charge in [0.1, 0.15) is 0 Å². The van der Waals surface area contributed by atoms with Gasteiger partial charge >= 0.3 is 6.18 Å². The second-order valence-electron chi connectivity index (χ2n) is 9.28. The second kappa shape index (κ2) is 11.2. The highest BCUT2D eigenvalue weighted by atomic mass is 19.4. The third-order valence-electron chi connectivity index (χ3n) is 6.46. The van der Waals surface area contributed by atoms with E-state index < -0.39 is 11.9 Å². The Morgan fingerprint density at radius 3 is 2.46 bits per heavy atom. The van der Waals surface area contributed by atoms with Crippen LogP contribution in [0.25, 0.3) is 22.6 Å². The number of aromatic nitrogens is 3. The summed E-state index contributed by atoms with van der Waals surface area (Å²) in [6, 6.07) is 16.3. The summed E-state index contributed by atoms with van der Waals surface area (Å²) >= 11 is 0. The maximum absolute atomic E-state index is 14.0. The predicted octanol–water partition coefficient (Wildman–Crippen LogP) is 7.41. The monoisotopic (exact) mass is 504 g/mol. The minimum absolute atomic E-state index is 0.0926. The molecule has 4 nitrogen and oxygen atoms in total. The largest absolute Gasteiger partial charge is 0.433 e. The van der Waals surface area contributed by atoms with Gasteiger partial charge in [0, 0.05) is 24.4 Å². The van der Waals surface area contributed by atoms with Crippen molar-refractivity contribution in [3.05, 3.63) is 102 Å². The van der Waals surface area contributed by atoms with E-state index in [2.05, 4.69) is 23.1 Å². The molecule has 2 aromatic carbocycles. The van der Waals surface area contributed by atoms with Crippen LogP contribution in [0.5, 0.6) is 0 Å². The molecule has 0 aliphatic rings. The van der Waals surface area contributed by atoms with Crippen molar-refractivity contribution in [2.24, 2.45) is 0 Å². The molecule has 4 aromatic rings. The molecule has 0 saturated carbocycles. The van der Waals surface area contributed by atoms with Crippen LogP contribution in [0.4, 0.5) is 13.2 Å². The van der Waals surface area contributed by atoms with Gasteiger partial charge in [-0.15, -0.1) is 0 Å². The highest BCUT2D eigenvalue weighted by Gasteiger charge is 2.36. The number of benzene rings is 2. The molecule has 2 heterocycles. The van der Waals surface area contributed by atoms with Gasteiger partial charge in [-0.25, -0.2) is 9.50 Å². The Bertz CT molecular complexity index is 1370. The lowest BCUT2D eigenvalue weighted by atomic mass is 10.0. The van der Waals surface area contributed by atoms with E-state index in [1.807, 2.05) is 49.1 Å². The van der Waals surface area contributed by atoms with Crippen molar-refractivity contribution in [2.75, 3.05) is 13.1 Å². The summed E-state index contributed by atoms with van der Waals surface area (Å²) in [5, 5.41) is 4.04. The van der Waals surface area contributed by atoms with Crippen LogP contribution in [0.2, 0.25) is 0 Å². The third-order valence-corrected chi connectivity index (χ3v) is 6.46. The van der Waals surface area contributed by atoms with Gasteiger partial charge in [0.05, 0.1) is 17.5 Å². The average Bonchev–Trinajstić information content (AvgIpc) is 3.29. The lowest BCUT2D eigenvalue weighted by molar-refractivity contribution is -0.142. The molecule has 7 heteroatoms. The molecule has 0 atom stereocenters. The Labute approximate surface area is 216 Å². The van der Waals surface area contributed by atoms with Crippen LogP contribution in [0.3, 0.4) is 0 Å². The number of nitrogens with zero attached hydrogens (tertiary/aromatic N) is 4. The van der Waals surface area contributed by atoms with Crippen LogP contribution in [0, 0.1) is 20.4 Å². The molecule has 0 saturated heterocycles. The molecular weight excluding hydrogens is 473 g/mol. The number of hydrogen-bond donors (Lipinski definition) is 0. The van der Waals surface area contributed by atoms with Gasteiger partial charge in [0.2, 0.25) is 0 Å². The van der Waals surface area contributed by atoms with Crippen LogP contribution in [-0.4, -0.2) is 32.6 Å². The zero-order valence-electron chi connectivity index (χ0n) is 21.2. The van der Waals surface area contributed by atoms with Crippen LogP contribution < -0.4 is 0 Å². The van der Waals surface area contributed by atoms with Gasteiger partial charge in [-0.1, -0.05) is 61.0 Å². The van der Waals surface area contributed by atoms with Gasteiger partial charge in [0.25, 0.3) is 0 Å². The number of fused-ring (bicyclic) bond motifs is 1. The van der Waals surface area contributed by atoms with E-state index in [-0.39, 0.29) is 11.3 Å². The van der Waals surface area contributed by atoms with Crippen molar-refractivity contribution in [3.63, 3.8) is 0 Å². The van der Waals surface area contributed by atoms with Crippen molar-refractivity contribution in [1.29, 1.82) is 0 Å². The fourth-order valence-electron chi connectivity index (χ4n) is 4.43. The first-order chi connectivity index (χ1) is 17.7. The number of hydrogen-bond acceptors (Lipinski definition) is 3. The highest BCUT2D eigenvalue weighted by molar-refractivity contribution is 5.75. The normalized spacial score (nSPS) is 11.7. The third kappa shape index (κ3) is 6.04. The van der Waals surface area contributed by atoms with Crippen molar-refractivity contribution >= 4 is 11.3 Å². The second-order valence-corrected chi connectivity index (χ2v) is 9.28. The summed E-state index contributed by atoms with van der Waals surface area (Å²) in [5.41, 5.74) is 4.07. The number of rotatable bonds is 10. The standard InChI is InChI=1S/C30H31F3N4/c1-5-17-36(18-9-8-12-24-11-7-6-10-22(24)3)23(4)26-20-34-37-28(30(31,32)33)19-27(35-29(26)37)25-15-13-21(2)14-16-25/h4,6-7,10-11,13-16,19-20H,3,5,8-9,12,17-18H2,1-2H3. The van der Waals surface area contributed by atoms with Crippen LogP contribution in [0.15, 0.2) is 60.8 Å². The van der Waals surface area contributed by atoms with Gasteiger partial charge in [0.15, 0.2) is 11.3 Å². The van der Waals surface area contributed by atoms with Crippen LogP contribution in [0.1, 0.15) is 54.1 Å². The quantitative estimate of drug-likeness (QED) is 0.211. The van der Waals surface area contributed by atoms with Crippen molar-refractivity contribution in [1.82, 2.24) is 19.5 Å². The molecular formula is C30H31F3N4. The number of alkyl halides is 3. The number of aryl methyl sites for hydroxylation is 2. The van der Waals surface area contributed by atoms with Crippen molar-refractivity contribution < 1.29 is 13.2 Å². The fraction of sp³-hybridized carbons (Fsp3) is 0.300. The predicted molar refractivity (Wildman–Crippen MR) is 142 cm³/mol. The zero-order chi connectivity index (χ0) is 26.6. The smallest absolute Gasteiger partial charge is 0.371 e. The SMILES string of the molecule is [CH]=C(c1cnn2c(C(F)(F)F)cc(-c3ccc(C)cc3)nc12)N(CCC)CCCCc1ccccc1[CH2]. The van der Waals surface area contributed by atoms with E-state index in [0.29, 0.717) is 29.9 Å². The maximum Gasteiger partial charge on any atom is 0.433 e. The summed E-state index contributed by atoms with van der Waals surface area (Å²) < 4.78 is 42.8. The zero-order valence-corrected chi connectivity index (χ0v) is 21.2. The lowest BCUT2D eigenvalue weighted by Gasteiger charge is -2.26. The highest BCUT2D eigenvalue weighted by Crippen LogP contribution is 2.34. The summed E-state index contributed by atoms with van der Waals surface area (Å²) in [6.45, 7) is 16.0. The fourth-order valence-corrected chi connectivity index (χ4v) is 4.43. The van der Waals surface area contributed by atoms with Crippen molar-refractivity contribution in [2.45, 2.75) is 45.7 Å². The average molecular weight is 505 g/mol. The summed E-state index contributed by atoms with van der Waals surface area (Å²) in [7, 11) is 0. The van der Waals surface area contributed by atoms with Gasteiger partial charge in [-0.05, 0) is 63.3 Å². The summed E-state index contributed by atoms with van der Waals surface area (Å²) in [4.78, 5) is 6.60. The minimum Gasteiger partial charge on any atom is -0.371 e. The molecule has 2 radical (unpaired) electrons. The van der Waals surface area contributed by atoms with E-state index in [1.165, 1.54) is 11.8 Å². The van der Waals surface area contributed by atoms with E-state index >= 15 is 0 Å². The first-order valence-electron chi connectivity index (χ1n) is 12.5. The van der Waals surface area contributed by atoms with Crippen LogP contribution >= 0.6 is 0 Å². The molecule has 192 valence electrons. The Kier molecular flexibility index (Phi) is 8.00. The molecule has 0 bridgehead atoms. The van der Waals surface area contributed by atoms with Gasteiger partial charge in [-0.2, -0.15) is 18.3 Å². The van der Waals surface area contributed by atoms with Crippen molar-refractivity contribution in [3.8, 4) is 11.3 Å². The molecule has 0 amide bonds. The first-order valence-corrected chi connectivity index (χ1v) is 12.5. The Hall–Kier alpha value is -3.61. The van der Waals surface area contributed by atoms with E-state index in [4.69, 9.17) is 6.58 Å². The molecule has 2 aromatic heterocycles. The molecule has 0 aliphatic heterocycles.